The van der Waals surface area contributed by atoms with Crippen molar-refractivity contribution < 1.29 is 39.8 Å². The molecule has 8 nitrogen and oxygen atoms in total. The first-order chi connectivity index (χ1) is 13.2. The van der Waals surface area contributed by atoms with E-state index in [0.717, 1.165) is 6.07 Å². The third kappa shape index (κ3) is 3.48. The van der Waals surface area contributed by atoms with Crippen LogP contribution in [0.15, 0.2) is 35.9 Å². The molecular formula is C20H20O8. The summed E-state index contributed by atoms with van der Waals surface area (Å²) < 4.78 is 11.4. The van der Waals surface area contributed by atoms with E-state index in [1.807, 2.05) is 0 Å². The number of esters is 1. The van der Waals surface area contributed by atoms with Gasteiger partial charge in [0.1, 0.15) is 23.4 Å². The highest BCUT2D eigenvalue weighted by Crippen LogP contribution is 2.45. The van der Waals surface area contributed by atoms with Crippen LogP contribution >= 0.6 is 0 Å². The molecule has 5 N–H and O–H groups in total. The summed E-state index contributed by atoms with van der Waals surface area (Å²) in [6.07, 6.45) is -0.228. The zero-order valence-electron chi connectivity index (χ0n) is 15.2. The van der Waals surface area contributed by atoms with Gasteiger partial charge < -0.3 is 35.0 Å². The molecule has 1 heterocycles. The summed E-state index contributed by atoms with van der Waals surface area (Å²) in [7, 11) is 0. The van der Waals surface area contributed by atoms with E-state index in [-0.39, 0.29) is 29.2 Å². The van der Waals surface area contributed by atoms with Crippen molar-refractivity contribution in [3.05, 3.63) is 47.0 Å². The monoisotopic (exact) mass is 388 g/mol. The van der Waals surface area contributed by atoms with Crippen molar-refractivity contribution in [1.82, 2.24) is 0 Å². The van der Waals surface area contributed by atoms with Crippen LogP contribution in [0.3, 0.4) is 0 Å². The minimum atomic E-state index is -0.972. The first kappa shape index (κ1) is 19.2. The molecule has 0 aliphatic carbocycles. The summed E-state index contributed by atoms with van der Waals surface area (Å²) in [6.45, 7) is 3.27. The first-order valence-electron chi connectivity index (χ1n) is 8.51. The van der Waals surface area contributed by atoms with Crippen LogP contribution in [0.2, 0.25) is 0 Å². The van der Waals surface area contributed by atoms with Gasteiger partial charge in [0.25, 0.3) is 0 Å². The molecule has 2 atom stereocenters. The lowest BCUT2D eigenvalue weighted by Crippen LogP contribution is -2.35. The van der Waals surface area contributed by atoms with Crippen LogP contribution in [0.4, 0.5) is 0 Å². The molecule has 28 heavy (non-hydrogen) atoms. The molecule has 3 rings (SSSR count). The molecule has 0 saturated heterocycles. The number of fused-ring (bicyclic) bond motifs is 1. The smallest absolute Gasteiger partial charge is 0.333 e. The van der Waals surface area contributed by atoms with Crippen molar-refractivity contribution in [3.63, 3.8) is 0 Å². The Morgan fingerprint density at radius 3 is 2.32 bits per heavy atom. The van der Waals surface area contributed by atoms with Crippen molar-refractivity contribution >= 4 is 5.97 Å². The molecule has 1 aliphatic heterocycles. The van der Waals surface area contributed by atoms with Gasteiger partial charge in [-0.05, 0) is 26.0 Å². The summed E-state index contributed by atoms with van der Waals surface area (Å²) >= 11 is 0. The van der Waals surface area contributed by atoms with Crippen LogP contribution in [0.1, 0.15) is 31.1 Å². The zero-order chi connectivity index (χ0) is 20.6. The molecule has 0 aromatic heterocycles. The number of carbonyl (C=O) groups excluding carboxylic acids is 1. The van der Waals surface area contributed by atoms with E-state index in [4.69, 9.17) is 9.47 Å². The summed E-state index contributed by atoms with van der Waals surface area (Å²) in [5, 5.41) is 49.1. The molecule has 0 unspecified atom stereocenters. The Morgan fingerprint density at radius 1 is 1.07 bits per heavy atom. The van der Waals surface area contributed by atoms with Crippen molar-refractivity contribution in [1.29, 1.82) is 0 Å². The number of carbonyl (C=O) groups is 1. The Kier molecular flexibility index (Phi) is 4.96. The second kappa shape index (κ2) is 7.22. The number of rotatable bonds is 3. The van der Waals surface area contributed by atoms with Crippen molar-refractivity contribution in [2.75, 3.05) is 0 Å². The molecule has 2 aromatic carbocycles. The molecule has 2 aromatic rings. The van der Waals surface area contributed by atoms with Gasteiger partial charge in [-0.3, -0.25) is 0 Å². The summed E-state index contributed by atoms with van der Waals surface area (Å²) in [6, 6.07) is 4.81. The highest BCUT2D eigenvalue weighted by Gasteiger charge is 2.37. The normalized spacial score (nSPS) is 18.9. The maximum absolute atomic E-state index is 12.3. The molecular weight excluding hydrogens is 368 g/mol. The van der Waals surface area contributed by atoms with Gasteiger partial charge >= 0.3 is 5.97 Å². The van der Waals surface area contributed by atoms with Crippen molar-refractivity contribution in [2.45, 2.75) is 32.5 Å². The number of benzene rings is 2. The average Bonchev–Trinajstić information content (AvgIpc) is 2.64. The fraction of sp³-hybridized carbons (Fsp3) is 0.250. The van der Waals surface area contributed by atoms with E-state index in [2.05, 4.69) is 0 Å². The Morgan fingerprint density at radius 2 is 1.71 bits per heavy atom. The lowest BCUT2D eigenvalue weighted by Gasteiger charge is -2.34. The largest absolute Gasteiger partial charge is 0.508 e. The molecule has 0 radical (unpaired) electrons. The molecule has 0 bridgehead atoms. The van der Waals surface area contributed by atoms with Gasteiger partial charge in [0.05, 0.1) is 0 Å². The SMILES string of the molecule is C/C=C(\C)C(=O)O[C@@H]1Cc2c(O)cc(O)cc2O[C@@H]1c1cc(O)c(O)c(O)c1. The standard InChI is InChI=1S/C20H20O8/c1-3-9(2)20(26)28-17-8-12-13(22)6-11(21)7-16(12)27-19(17)10-4-14(23)18(25)15(24)5-10/h3-7,17,19,21-25H,8H2,1-2H3/b9-3+/t17-,19-/m1/s1. The molecule has 0 fully saturated rings. The fourth-order valence-corrected chi connectivity index (χ4v) is 2.97. The fourth-order valence-electron chi connectivity index (χ4n) is 2.97. The second-order valence-corrected chi connectivity index (χ2v) is 6.51. The van der Waals surface area contributed by atoms with Gasteiger partial charge in [-0.15, -0.1) is 0 Å². The number of hydrogen-bond acceptors (Lipinski definition) is 8. The number of allylic oxidation sites excluding steroid dienone is 1. The molecule has 148 valence electrons. The maximum Gasteiger partial charge on any atom is 0.333 e. The lowest BCUT2D eigenvalue weighted by atomic mass is 9.93. The molecule has 0 saturated carbocycles. The Hall–Kier alpha value is -3.55. The van der Waals surface area contributed by atoms with Crippen LogP contribution in [-0.4, -0.2) is 37.6 Å². The Labute approximate surface area is 160 Å². The maximum atomic E-state index is 12.3. The highest BCUT2D eigenvalue weighted by atomic mass is 16.6. The number of phenolic OH excluding ortho intramolecular Hbond substituents is 5. The Balaban J connectivity index is 2.06. The van der Waals surface area contributed by atoms with Crippen LogP contribution in [0, 0.1) is 0 Å². The van der Waals surface area contributed by atoms with Gasteiger partial charge in [0.15, 0.2) is 23.4 Å². The van der Waals surface area contributed by atoms with Crippen LogP contribution in [0.5, 0.6) is 34.5 Å². The van der Waals surface area contributed by atoms with E-state index in [9.17, 15) is 30.3 Å². The first-order valence-corrected chi connectivity index (χ1v) is 8.51. The van der Waals surface area contributed by atoms with Crippen molar-refractivity contribution in [3.8, 4) is 34.5 Å². The number of phenols is 5. The Bertz CT molecular complexity index is 940. The highest BCUT2D eigenvalue weighted by molar-refractivity contribution is 5.87. The van der Waals surface area contributed by atoms with E-state index >= 15 is 0 Å². The zero-order valence-corrected chi connectivity index (χ0v) is 15.2. The van der Waals surface area contributed by atoms with Gasteiger partial charge in [-0.1, -0.05) is 6.08 Å². The van der Waals surface area contributed by atoms with E-state index in [0.29, 0.717) is 11.1 Å². The predicted octanol–water partition coefficient (Wildman–Crippen LogP) is 2.77. The predicted molar refractivity (Wildman–Crippen MR) is 97.6 cm³/mol. The molecule has 1 aliphatic rings. The summed E-state index contributed by atoms with van der Waals surface area (Å²) in [4.78, 5) is 12.3. The topological polar surface area (TPSA) is 137 Å². The van der Waals surface area contributed by atoms with Crippen LogP contribution in [-0.2, 0) is 16.0 Å². The second-order valence-electron chi connectivity index (χ2n) is 6.51. The van der Waals surface area contributed by atoms with Crippen LogP contribution in [0.25, 0.3) is 0 Å². The molecule has 0 amide bonds. The van der Waals surface area contributed by atoms with Gasteiger partial charge in [0, 0.05) is 35.3 Å². The number of aromatic hydroxyl groups is 5. The van der Waals surface area contributed by atoms with Gasteiger partial charge in [0.2, 0.25) is 0 Å². The lowest BCUT2D eigenvalue weighted by molar-refractivity contribution is -0.150. The quantitative estimate of drug-likeness (QED) is 0.308. The van der Waals surface area contributed by atoms with E-state index < -0.39 is 35.4 Å². The van der Waals surface area contributed by atoms with Crippen LogP contribution < -0.4 is 4.74 Å². The van der Waals surface area contributed by atoms with E-state index in [1.165, 1.54) is 18.2 Å². The number of ether oxygens (including phenoxy) is 2. The van der Waals surface area contributed by atoms with Gasteiger partial charge in [-0.2, -0.15) is 0 Å². The van der Waals surface area contributed by atoms with E-state index in [1.54, 1.807) is 19.9 Å². The van der Waals surface area contributed by atoms with Gasteiger partial charge in [-0.25, -0.2) is 4.79 Å². The minimum absolute atomic E-state index is 0.0667. The third-order valence-electron chi connectivity index (χ3n) is 4.60. The molecule has 8 heteroatoms. The third-order valence-corrected chi connectivity index (χ3v) is 4.60. The number of hydrogen-bond donors (Lipinski definition) is 5. The minimum Gasteiger partial charge on any atom is -0.508 e. The summed E-state index contributed by atoms with van der Waals surface area (Å²) in [5.74, 6) is -2.68. The van der Waals surface area contributed by atoms with Crippen molar-refractivity contribution in [2.24, 2.45) is 0 Å². The molecule has 0 spiro atoms. The average molecular weight is 388 g/mol. The summed E-state index contributed by atoms with van der Waals surface area (Å²) in [5.41, 5.74) is 0.949.